The Bertz CT molecular complexity index is 150. The van der Waals surface area contributed by atoms with Gasteiger partial charge >= 0.3 is 5.95 Å². The molecule has 0 saturated heterocycles. The van der Waals surface area contributed by atoms with Gasteiger partial charge in [-0.1, -0.05) is 32.6 Å². The summed E-state index contributed by atoms with van der Waals surface area (Å²) in [6.07, 6.45) is 7.25. The predicted octanol–water partition coefficient (Wildman–Crippen LogP) is 3.10. The third-order valence-electron chi connectivity index (χ3n) is 1.92. The Labute approximate surface area is 67.9 Å². The first-order chi connectivity index (χ1) is 5.34. The largest absolute Gasteiger partial charge is 0.478 e. The van der Waals surface area contributed by atoms with Crippen LogP contribution in [0.1, 0.15) is 45.4 Å². The number of allylic oxidation sites excluding steroid dienone is 1. The smallest absolute Gasteiger partial charge is 0.322 e. The molecule has 0 fully saturated rings. The van der Waals surface area contributed by atoms with Gasteiger partial charge in [0.25, 0.3) is 0 Å². The number of rotatable bonds is 6. The summed E-state index contributed by atoms with van der Waals surface area (Å²) in [7, 11) is 0. The monoisotopic (exact) mass is 156 g/mol. The van der Waals surface area contributed by atoms with Gasteiger partial charge in [-0.25, -0.2) is 0 Å². The van der Waals surface area contributed by atoms with Crippen molar-refractivity contribution in [3.63, 3.8) is 0 Å². The van der Waals surface area contributed by atoms with Crippen LogP contribution in [0.15, 0.2) is 11.7 Å². The van der Waals surface area contributed by atoms with Gasteiger partial charge in [-0.2, -0.15) is 0 Å². The minimum atomic E-state index is 0.167. The van der Waals surface area contributed by atoms with Crippen molar-refractivity contribution in [3.05, 3.63) is 11.7 Å². The Morgan fingerprint density at radius 2 is 1.82 bits per heavy atom. The van der Waals surface area contributed by atoms with Crippen molar-refractivity contribution in [1.82, 2.24) is 0 Å². The third kappa shape index (κ3) is 3.30. The molecule has 0 spiro atoms. The van der Waals surface area contributed by atoms with Gasteiger partial charge in [0.15, 0.2) is 5.76 Å². The summed E-state index contributed by atoms with van der Waals surface area (Å²) in [6, 6.07) is 0. The number of unbranched alkanes of at least 4 members (excludes halogenated alkanes) is 4. The molecule has 0 amide bonds. The van der Waals surface area contributed by atoms with E-state index in [4.69, 9.17) is 9.84 Å². The van der Waals surface area contributed by atoms with Crippen molar-refractivity contribution < 1.29 is 9.84 Å². The first-order valence-electron chi connectivity index (χ1n) is 4.44. The van der Waals surface area contributed by atoms with Crippen molar-refractivity contribution in [2.75, 3.05) is 0 Å². The van der Waals surface area contributed by atoms with E-state index in [-0.39, 0.29) is 5.95 Å². The molecule has 0 aromatic carbocycles. The van der Waals surface area contributed by atoms with Crippen LogP contribution in [0.25, 0.3) is 0 Å². The van der Waals surface area contributed by atoms with E-state index in [0.717, 1.165) is 18.6 Å². The summed E-state index contributed by atoms with van der Waals surface area (Å²) in [5.74, 6) is 0.974. The van der Waals surface area contributed by atoms with Gasteiger partial charge in [-0.15, -0.1) is 0 Å². The number of hydrogen-bond donors (Lipinski definition) is 1. The highest BCUT2D eigenvalue weighted by Crippen LogP contribution is 2.28. The van der Waals surface area contributed by atoms with E-state index in [2.05, 4.69) is 6.92 Å². The second-order valence-corrected chi connectivity index (χ2v) is 2.99. The third-order valence-corrected chi connectivity index (χ3v) is 1.92. The van der Waals surface area contributed by atoms with Crippen molar-refractivity contribution in [2.24, 2.45) is 0 Å². The Morgan fingerprint density at radius 3 is 2.36 bits per heavy atom. The molecular formula is C9H16O2. The van der Waals surface area contributed by atoms with Crippen LogP contribution in [0.5, 0.6) is 0 Å². The first kappa shape index (κ1) is 8.44. The van der Waals surface area contributed by atoms with Crippen LogP contribution >= 0.6 is 0 Å². The minimum Gasteiger partial charge on any atom is -0.478 e. The molecule has 64 valence electrons. The minimum absolute atomic E-state index is 0.167. The van der Waals surface area contributed by atoms with E-state index >= 15 is 0 Å². The fourth-order valence-corrected chi connectivity index (χ4v) is 1.14. The highest BCUT2D eigenvalue weighted by Gasteiger charge is 2.22. The van der Waals surface area contributed by atoms with Crippen LogP contribution in [0.3, 0.4) is 0 Å². The van der Waals surface area contributed by atoms with Crippen LogP contribution in [-0.2, 0) is 4.74 Å². The van der Waals surface area contributed by atoms with Crippen molar-refractivity contribution in [2.45, 2.75) is 45.4 Å². The molecule has 1 aliphatic heterocycles. The molecule has 0 bridgehead atoms. The predicted molar refractivity (Wildman–Crippen MR) is 44.1 cm³/mol. The van der Waals surface area contributed by atoms with E-state index in [1.807, 2.05) is 0 Å². The molecular weight excluding hydrogens is 140 g/mol. The Morgan fingerprint density at radius 1 is 1.18 bits per heavy atom. The maximum atomic E-state index is 8.69. The number of aliphatic hydroxyl groups is 1. The zero-order chi connectivity index (χ0) is 8.10. The molecule has 2 nitrogen and oxygen atoms in total. The summed E-state index contributed by atoms with van der Waals surface area (Å²) in [5, 5.41) is 8.69. The van der Waals surface area contributed by atoms with Crippen molar-refractivity contribution >= 4 is 0 Å². The quantitative estimate of drug-likeness (QED) is 0.599. The highest BCUT2D eigenvalue weighted by molar-refractivity contribution is 5.08. The summed E-state index contributed by atoms with van der Waals surface area (Å²) >= 11 is 0. The van der Waals surface area contributed by atoms with Crippen molar-refractivity contribution in [3.8, 4) is 0 Å². The Balaban J connectivity index is 1.82. The lowest BCUT2D eigenvalue weighted by Gasteiger charge is -1.94. The molecule has 0 atom stereocenters. The van der Waals surface area contributed by atoms with Crippen LogP contribution in [0.4, 0.5) is 0 Å². The lowest BCUT2D eigenvalue weighted by molar-refractivity contribution is 0.273. The fraction of sp³-hybridized carbons (Fsp3) is 0.778. The second-order valence-electron chi connectivity index (χ2n) is 2.99. The SMILES string of the molecule is CCCCCCCC1=C(O)O1. The standard InChI is InChI=1S/C9H16O2/c1-2-3-4-5-6-7-8-9(10)11-8/h10H,2-7H2,1H3. The second kappa shape index (κ2) is 4.27. The number of aliphatic hydroxyl groups excluding tert-OH is 1. The molecule has 1 N–H and O–H groups in total. The molecule has 2 heteroatoms. The Hall–Kier alpha value is -0.660. The van der Waals surface area contributed by atoms with Gasteiger partial charge < -0.3 is 9.84 Å². The van der Waals surface area contributed by atoms with Gasteiger partial charge in [-0.3, -0.25) is 0 Å². The molecule has 11 heavy (non-hydrogen) atoms. The lowest BCUT2D eigenvalue weighted by Crippen LogP contribution is -1.76. The van der Waals surface area contributed by atoms with Crippen LogP contribution < -0.4 is 0 Å². The zero-order valence-electron chi connectivity index (χ0n) is 7.10. The van der Waals surface area contributed by atoms with Gasteiger partial charge in [-0.05, 0) is 6.42 Å². The van der Waals surface area contributed by atoms with Crippen LogP contribution in [0, 0.1) is 0 Å². The maximum Gasteiger partial charge on any atom is 0.322 e. The highest BCUT2D eigenvalue weighted by atomic mass is 16.7. The van der Waals surface area contributed by atoms with E-state index in [9.17, 15) is 0 Å². The summed E-state index contributed by atoms with van der Waals surface area (Å²) in [6.45, 7) is 2.21. The van der Waals surface area contributed by atoms with Gasteiger partial charge in [0.2, 0.25) is 0 Å². The molecule has 1 rings (SSSR count). The molecule has 1 heterocycles. The zero-order valence-corrected chi connectivity index (χ0v) is 7.10. The number of ether oxygens (including phenoxy) is 1. The lowest BCUT2D eigenvalue weighted by atomic mass is 10.1. The number of hydrogen-bond acceptors (Lipinski definition) is 2. The van der Waals surface area contributed by atoms with Crippen LogP contribution in [0.2, 0.25) is 0 Å². The van der Waals surface area contributed by atoms with Gasteiger partial charge in [0.05, 0.1) is 0 Å². The van der Waals surface area contributed by atoms with E-state index < -0.39 is 0 Å². The van der Waals surface area contributed by atoms with Crippen LogP contribution in [-0.4, -0.2) is 5.11 Å². The van der Waals surface area contributed by atoms with E-state index in [0.29, 0.717) is 0 Å². The average molecular weight is 156 g/mol. The molecule has 0 aromatic rings. The summed E-state index contributed by atoms with van der Waals surface area (Å²) in [4.78, 5) is 0. The molecule has 0 aromatic heterocycles. The summed E-state index contributed by atoms with van der Waals surface area (Å²) in [5.41, 5.74) is 0. The molecule has 0 aliphatic carbocycles. The summed E-state index contributed by atoms with van der Waals surface area (Å²) < 4.78 is 4.71. The fourth-order valence-electron chi connectivity index (χ4n) is 1.14. The molecule has 0 unspecified atom stereocenters. The van der Waals surface area contributed by atoms with Gasteiger partial charge in [0, 0.05) is 6.42 Å². The van der Waals surface area contributed by atoms with Gasteiger partial charge in [0.1, 0.15) is 0 Å². The molecule has 0 radical (unpaired) electrons. The van der Waals surface area contributed by atoms with E-state index in [1.54, 1.807) is 0 Å². The molecule has 0 saturated carbocycles. The van der Waals surface area contributed by atoms with Crippen molar-refractivity contribution in [1.29, 1.82) is 0 Å². The maximum absolute atomic E-state index is 8.69. The Kier molecular flexibility index (Phi) is 3.27. The molecule has 1 aliphatic rings. The van der Waals surface area contributed by atoms with E-state index in [1.165, 1.54) is 25.7 Å². The normalized spacial score (nSPS) is 15.0. The topological polar surface area (TPSA) is 32.8 Å². The average Bonchev–Trinajstić information content (AvgIpc) is 2.67. The first-order valence-corrected chi connectivity index (χ1v) is 4.44.